The van der Waals surface area contributed by atoms with Crippen molar-refractivity contribution in [2.24, 2.45) is 23.7 Å². The summed E-state index contributed by atoms with van der Waals surface area (Å²) in [5.41, 5.74) is 5.29. The number of nitrogens with zero attached hydrogens (tertiary/aromatic N) is 4. The Balaban J connectivity index is 0.905. The van der Waals surface area contributed by atoms with Gasteiger partial charge in [-0.3, -0.25) is 9.59 Å². The fraction of sp³-hybridized carbons (Fsp3) is 0.442. The summed E-state index contributed by atoms with van der Waals surface area (Å²) in [4.78, 5) is 70.7. The molecule has 5 N–H and O–H groups in total. The van der Waals surface area contributed by atoms with E-state index in [0.717, 1.165) is 65.1 Å². The molecule has 4 aromatic rings. The van der Waals surface area contributed by atoms with Crippen LogP contribution in [0.5, 0.6) is 0 Å². The molecule has 0 radical (unpaired) electrons. The number of hydrogen-bond acceptors (Lipinski definition) is 7. The Morgan fingerprint density at radius 2 is 1.12 bits per heavy atom. The molecular weight excluding hydrogens is 725 g/mol. The minimum Gasteiger partial charge on any atom is -0.465 e. The molecule has 4 fully saturated rings. The highest BCUT2D eigenvalue weighted by Crippen LogP contribution is 2.54. The van der Waals surface area contributed by atoms with Gasteiger partial charge in [-0.2, -0.15) is 0 Å². The number of nitrogens with one attached hydrogen (secondary N) is 4. The minimum atomic E-state index is -1.20. The number of rotatable bonds is 10. The van der Waals surface area contributed by atoms with E-state index in [1.807, 2.05) is 86.0 Å². The Bertz CT molecular complexity index is 2230. The van der Waals surface area contributed by atoms with Gasteiger partial charge in [-0.05, 0) is 84.7 Å². The standard InChI is InChI=1S/C43H48N8O6/c1-22(2)36(48-42(54)55)40(52)50-32-16-28(32)18-34(50)38-44-20-30(46-38)26-12-8-24(9-13-26)6-7-25-10-14-27(15-11-25)31-21-45-39(47-31)35-19-29-17-33(29)51(35)41(53)37(23(3)4)49-43(56)57-5/h8-15,20-23,28-29,32-37,48H,16-19H2,1-5H3,(H,44,46)(H,45,47)(H,49,56)(H,54,55)/t28-,29+,32-,33-,34+,35+,36+,37+/m1/s1. The predicted octanol–water partition coefficient (Wildman–Crippen LogP) is 5.86. The van der Waals surface area contributed by atoms with Crippen LogP contribution in [0.25, 0.3) is 22.5 Å². The third-order valence-electron chi connectivity index (χ3n) is 11.9. The quantitative estimate of drug-likeness (QED) is 0.124. The Labute approximate surface area is 331 Å². The summed E-state index contributed by atoms with van der Waals surface area (Å²) in [5, 5.41) is 14.5. The van der Waals surface area contributed by atoms with Crippen LogP contribution in [0, 0.1) is 35.5 Å². The molecule has 4 amide bonds. The van der Waals surface area contributed by atoms with Gasteiger partial charge in [-0.25, -0.2) is 19.6 Å². The van der Waals surface area contributed by atoms with E-state index in [0.29, 0.717) is 17.7 Å². The van der Waals surface area contributed by atoms with Gasteiger partial charge in [0.2, 0.25) is 11.8 Å². The topological polar surface area (TPSA) is 186 Å². The van der Waals surface area contributed by atoms with Crippen molar-refractivity contribution in [3.05, 3.63) is 83.7 Å². The third kappa shape index (κ3) is 7.58. The molecule has 4 aliphatic rings. The molecule has 2 saturated heterocycles. The molecule has 2 aromatic heterocycles. The highest BCUT2D eigenvalue weighted by atomic mass is 16.5. The minimum absolute atomic E-state index is 0.102. The summed E-state index contributed by atoms with van der Waals surface area (Å²) in [6.07, 6.45) is 5.31. The van der Waals surface area contributed by atoms with Gasteiger partial charge >= 0.3 is 12.2 Å². The SMILES string of the molecule is COC(=O)N[C@H](C(=O)N1[C@@H]2C[C@H]2C[C@H]1c1ncc(-c2ccc(C#Cc3ccc(-c4cnc([C@@H]5C[C@H]6C[C@H]6N5C(=O)[C@@H](NC(=O)O)C(C)C)[nH]4)cc3)cc2)[nH]1)C(C)C. The largest absolute Gasteiger partial charge is 0.465 e. The number of H-pyrrole nitrogens is 2. The number of carbonyl (C=O) groups is 4. The number of fused-ring (bicyclic) bond motifs is 2. The first-order valence-electron chi connectivity index (χ1n) is 19.7. The van der Waals surface area contributed by atoms with Gasteiger partial charge in [-0.1, -0.05) is 63.8 Å². The summed E-state index contributed by atoms with van der Waals surface area (Å²) in [6, 6.07) is 14.2. The van der Waals surface area contributed by atoms with E-state index in [4.69, 9.17) is 9.72 Å². The number of ether oxygens (including phenoxy) is 1. The fourth-order valence-corrected chi connectivity index (χ4v) is 8.62. The number of likely N-dealkylation sites (tertiary alicyclic amines) is 2. The third-order valence-corrected chi connectivity index (χ3v) is 11.9. The van der Waals surface area contributed by atoms with Gasteiger partial charge in [0.15, 0.2) is 0 Å². The van der Waals surface area contributed by atoms with Crippen LogP contribution in [-0.4, -0.2) is 90.1 Å². The molecule has 2 saturated carbocycles. The predicted molar refractivity (Wildman–Crippen MR) is 210 cm³/mol. The van der Waals surface area contributed by atoms with Crippen LogP contribution >= 0.6 is 0 Å². The van der Waals surface area contributed by atoms with Crippen LogP contribution in [0.4, 0.5) is 9.59 Å². The van der Waals surface area contributed by atoms with Crippen molar-refractivity contribution in [2.45, 2.75) is 89.6 Å². The maximum absolute atomic E-state index is 13.7. The number of piperidine rings is 2. The lowest BCUT2D eigenvalue weighted by atomic mass is 10.0. The molecule has 57 heavy (non-hydrogen) atoms. The molecule has 8 atom stereocenters. The summed E-state index contributed by atoms with van der Waals surface area (Å²) >= 11 is 0. The summed E-state index contributed by atoms with van der Waals surface area (Å²) in [5.74, 6) is 8.21. The molecule has 2 aromatic carbocycles. The molecule has 2 aliphatic carbocycles. The van der Waals surface area contributed by atoms with Gasteiger partial charge in [0, 0.05) is 23.2 Å². The van der Waals surface area contributed by atoms with Crippen molar-refractivity contribution in [1.29, 1.82) is 0 Å². The van der Waals surface area contributed by atoms with Gasteiger partial charge in [-0.15, -0.1) is 0 Å². The van der Waals surface area contributed by atoms with Gasteiger partial charge in [0.1, 0.15) is 23.7 Å². The van der Waals surface area contributed by atoms with Crippen molar-refractivity contribution >= 4 is 24.0 Å². The molecule has 8 rings (SSSR count). The lowest BCUT2D eigenvalue weighted by Crippen LogP contribution is -2.52. The van der Waals surface area contributed by atoms with Crippen molar-refractivity contribution < 1.29 is 29.0 Å². The molecule has 0 spiro atoms. The van der Waals surface area contributed by atoms with Crippen LogP contribution in [0.1, 0.15) is 88.2 Å². The molecule has 14 nitrogen and oxygen atoms in total. The van der Waals surface area contributed by atoms with E-state index in [2.05, 4.69) is 37.4 Å². The number of imidazole rings is 2. The lowest BCUT2D eigenvalue weighted by Gasteiger charge is -2.31. The molecule has 14 heteroatoms. The van der Waals surface area contributed by atoms with E-state index < -0.39 is 24.3 Å². The first-order chi connectivity index (χ1) is 27.4. The number of carboxylic acid groups (broad SMARTS) is 1. The van der Waals surface area contributed by atoms with E-state index in [9.17, 15) is 24.3 Å². The molecule has 2 aliphatic heterocycles. The van der Waals surface area contributed by atoms with E-state index in [1.54, 1.807) is 12.4 Å². The molecular formula is C43H48N8O6. The van der Waals surface area contributed by atoms with Crippen molar-refractivity contribution in [2.75, 3.05) is 7.11 Å². The zero-order valence-electron chi connectivity index (χ0n) is 32.7. The lowest BCUT2D eigenvalue weighted by molar-refractivity contribution is -0.137. The van der Waals surface area contributed by atoms with Crippen LogP contribution in [-0.2, 0) is 14.3 Å². The molecule has 4 heterocycles. The number of aromatic nitrogens is 4. The van der Waals surface area contributed by atoms with Gasteiger partial charge < -0.3 is 40.2 Å². The first-order valence-corrected chi connectivity index (χ1v) is 19.7. The number of alkyl carbamates (subject to hydrolysis) is 1. The van der Waals surface area contributed by atoms with Crippen LogP contribution in [0.15, 0.2) is 60.9 Å². The number of aromatic amines is 2. The van der Waals surface area contributed by atoms with Gasteiger partial charge in [0.25, 0.3) is 0 Å². The molecule has 296 valence electrons. The van der Waals surface area contributed by atoms with Gasteiger partial charge in [0.05, 0.1) is 43.0 Å². The highest BCUT2D eigenvalue weighted by molar-refractivity contribution is 5.88. The Kier molecular flexibility index (Phi) is 10.0. The van der Waals surface area contributed by atoms with Crippen molar-refractivity contribution in [1.82, 2.24) is 40.4 Å². The second-order valence-electron chi connectivity index (χ2n) is 16.4. The normalized spacial score (nSPS) is 23.9. The fourth-order valence-electron chi connectivity index (χ4n) is 8.62. The average molecular weight is 773 g/mol. The summed E-state index contributed by atoms with van der Waals surface area (Å²) < 4.78 is 4.78. The number of amides is 4. The number of hydrogen-bond donors (Lipinski definition) is 5. The molecule has 0 bridgehead atoms. The van der Waals surface area contributed by atoms with Crippen molar-refractivity contribution in [3.63, 3.8) is 0 Å². The van der Waals surface area contributed by atoms with Crippen LogP contribution in [0.2, 0.25) is 0 Å². The Hall–Kier alpha value is -6.10. The van der Waals surface area contributed by atoms with E-state index in [1.165, 1.54) is 7.11 Å². The average Bonchev–Trinajstić information content (AvgIpc) is 3.78. The Morgan fingerprint density at radius 1 is 0.702 bits per heavy atom. The molecule has 0 unspecified atom stereocenters. The number of carbonyl (C=O) groups excluding carboxylic acids is 3. The zero-order chi connectivity index (χ0) is 40.1. The monoisotopic (exact) mass is 772 g/mol. The Morgan fingerprint density at radius 3 is 1.51 bits per heavy atom. The number of benzene rings is 2. The second kappa shape index (κ2) is 15.1. The summed E-state index contributed by atoms with van der Waals surface area (Å²) in [7, 11) is 1.29. The van der Waals surface area contributed by atoms with Crippen molar-refractivity contribution in [3.8, 4) is 34.4 Å². The summed E-state index contributed by atoms with van der Waals surface area (Å²) in [6.45, 7) is 7.51. The van der Waals surface area contributed by atoms with Crippen LogP contribution < -0.4 is 10.6 Å². The number of methoxy groups -OCH3 is 1. The maximum atomic E-state index is 13.7. The smallest absolute Gasteiger partial charge is 0.407 e. The second-order valence-corrected chi connectivity index (χ2v) is 16.4. The van der Waals surface area contributed by atoms with E-state index >= 15 is 0 Å². The first kappa shape index (κ1) is 37.8. The van der Waals surface area contributed by atoms with Crippen LogP contribution in [0.3, 0.4) is 0 Å². The highest BCUT2D eigenvalue weighted by Gasteiger charge is 2.57. The van der Waals surface area contributed by atoms with E-state index in [-0.39, 0.29) is 47.8 Å². The zero-order valence-corrected chi connectivity index (χ0v) is 32.7. The maximum Gasteiger partial charge on any atom is 0.407 e.